The molecule has 0 bridgehead atoms. The number of rotatable bonds is 5. The molecule has 0 aliphatic rings. The molecular weight excluding hydrogens is 186 g/mol. The lowest BCUT2D eigenvalue weighted by molar-refractivity contribution is 0.141. The van der Waals surface area contributed by atoms with Crippen molar-refractivity contribution in [3.8, 4) is 0 Å². The predicted molar refractivity (Wildman–Crippen MR) is 64.0 cm³/mol. The van der Waals surface area contributed by atoms with E-state index in [4.69, 9.17) is 10.5 Å². The first-order valence-corrected chi connectivity index (χ1v) is 5.43. The monoisotopic (exact) mass is 207 g/mol. The maximum Gasteiger partial charge on any atom is 0.0642 e. The number of ether oxygens (including phenoxy) is 1. The molecule has 15 heavy (non-hydrogen) atoms. The Bertz CT molecular complexity index is 290. The molecule has 84 valence electrons. The molecule has 0 saturated carbocycles. The Kier molecular flexibility index (Phi) is 4.30. The number of hydrogen-bond acceptors (Lipinski definition) is 2. The quantitative estimate of drug-likeness (QED) is 0.803. The van der Waals surface area contributed by atoms with Gasteiger partial charge in [0.25, 0.3) is 0 Å². The van der Waals surface area contributed by atoms with Crippen LogP contribution in [0.3, 0.4) is 0 Å². The van der Waals surface area contributed by atoms with Crippen LogP contribution in [0.4, 0.5) is 0 Å². The molecule has 0 radical (unpaired) electrons. The average Bonchev–Trinajstić information content (AvgIpc) is 2.18. The third-order valence-electron chi connectivity index (χ3n) is 2.51. The van der Waals surface area contributed by atoms with Crippen molar-refractivity contribution < 1.29 is 4.74 Å². The Morgan fingerprint density at radius 2 is 1.73 bits per heavy atom. The Morgan fingerprint density at radius 1 is 1.20 bits per heavy atom. The van der Waals surface area contributed by atoms with E-state index in [1.807, 2.05) is 6.92 Å². The van der Waals surface area contributed by atoms with Gasteiger partial charge in [-0.3, -0.25) is 0 Å². The van der Waals surface area contributed by atoms with Crippen LogP contribution in [0.5, 0.6) is 0 Å². The first kappa shape index (κ1) is 12.2. The lowest BCUT2D eigenvalue weighted by Crippen LogP contribution is -2.43. The maximum absolute atomic E-state index is 6.10. The third-order valence-corrected chi connectivity index (χ3v) is 2.51. The van der Waals surface area contributed by atoms with Crippen LogP contribution in [0, 0.1) is 0 Å². The molecule has 1 unspecified atom stereocenters. The summed E-state index contributed by atoms with van der Waals surface area (Å²) in [6, 6.07) is 8.63. The van der Waals surface area contributed by atoms with Crippen molar-refractivity contribution in [1.29, 1.82) is 0 Å². The highest BCUT2D eigenvalue weighted by atomic mass is 16.5. The van der Waals surface area contributed by atoms with Gasteiger partial charge < -0.3 is 10.5 Å². The molecule has 2 N–H and O–H groups in total. The van der Waals surface area contributed by atoms with Gasteiger partial charge in [0.2, 0.25) is 0 Å². The van der Waals surface area contributed by atoms with Crippen molar-refractivity contribution in [1.82, 2.24) is 0 Å². The van der Waals surface area contributed by atoms with E-state index >= 15 is 0 Å². The summed E-state index contributed by atoms with van der Waals surface area (Å²) in [5.41, 5.74) is 8.47. The summed E-state index contributed by atoms with van der Waals surface area (Å²) in [5.74, 6) is 0. The fourth-order valence-electron chi connectivity index (χ4n) is 1.74. The van der Waals surface area contributed by atoms with Crippen molar-refractivity contribution >= 4 is 0 Å². The third kappa shape index (κ3) is 4.02. The van der Waals surface area contributed by atoms with Crippen LogP contribution in [-0.2, 0) is 17.6 Å². The smallest absolute Gasteiger partial charge is 0.0642 e. The highest BCUT2D eigenvalue weighted by molar-refractivity contribution is 5.23. The van der Waals surface area contributed by atoms with Crippen molar-refractivity contribution in [3.63, 3.8) is 0 Å². The molecule has 1 aromatic rings. The largest absolute Gasteiger partial charge is 0.383 e. The van der Waals surface area contributed by atoms with Crippen LogP contribution < -0.4 is 5.73 Å². The second-order valence-corrected chi connectivity index (χ2v) is 4.43. The van der Waals surface area contributed by atoms with Crippen LogP contribution in [0.2, 0.25) is 0 Å². The van der Waals surface area contributed by atoms with Gasteiger partial charge in [0.15, 0.2) is 0 Å². The minimum Gasteiger partial charge on any atom is -0.383 e. The van der Waals surface area contributed by atoms with Crippen LogP contribution in [0.25, 0.3) is 0 Å². The topological polar surface area (TPSA) is 35.2 Å². The normalized spacial score (nSPS) is 14.9. The van der Waals surface area contributed by atoms with Crippen LogP contribution in [0.15, 0.2) is 24.3 Å². The zero-order chi connectivity index (χ0) is 11.3. The molecule has 0 aliphatic heterocycles. The van der Waals surface area contributed by atoms with Crippen LogP contribution in [0.1, 0.15) is 25.0 Å². The molecule has 0 heterocycles. The molecule has 1 atom stereocenters. The molecule has 1 rings (SSSR count). The summed E-state index contributed by atoms with van der Waals surface area (Å²) in [7, 11) is 1.69. The van der Waals surface area contributed by atoms with Crippen molar-refractivity contribution in [2.45, 2.75) is 32.2 Å². The Labute approximate surface area is 92.4 Å². The molecule has 0 fully saturated rings. The molecule has 2 nitrogen and oxygen atoms in total. The molecular formula is C13H21NO. The molecule has 0 spiro atoms. The fourth-order valence-corrected chi connectivity index (χ4v) is 1.74. The van der Waals surface area contributed by atoms with Crippen molar-refractivity contribution in [2.24, 2.45) is 5.73 Å². The van der Waals surface area contributed by atoms with E-state index in [0.29, 0.717) is 6.61 Å². The number of benzene rings is 1. The second kappa shape index (κ2) is 5.29. The van der Waals surface area contributed by atoms with Crippen LogP contribution >= 0.6 is 0 Å². The zero-order valence-corrected chi connectivity index (χ0v) is 9.92. The minimum atomic E-state index is -0.275. The zero-order valence-electron chi connectivity index (χ0n) is 9.92. The molecule has 1 aromatic carbocycles. The van der Waals surface area contributed by atoms with E-state index in [1.165, 1.54) is 11.1 Å². The summed E-state index contributed by atoms with van der Waals surface area (Å²) >= 11 is 0. The lowest BCUT2D eigenvalue weighted by atomic mass is 9.94. The standard InChI is InChI=1S/C13H21NO/c1-4-11-5-7-12(8-6-11)9-13(2,14)10-15-3/h5-8H,4,9-10,14H2,1-3H3. The summed E-state index contributed by atoms with van der Waals surface area (Å²) in [5, 5.41) is 0. The Hall–Kier alpha value is -0.860. The van der Waals surface area contributed by atoms with E-state index in [-0.39, 0.29) is 5.54 Å². The van der Waals surface area contributed by atoms with E-state index in [9.17, 15) is 0 Å². The minimum absolute atomic E-state index is 0.275. The summed E-state index contributed by atoms with van der Waals surface area (Å²) in [6.07, 6.45) is 1.93. The van der Waals surface area contributed by atoms with Gasteiger partial charge in [0, 0.05) is 12.6 Å². The van der Waals surface area contributed by atoms with Crippen molar-refractivity contribution in [2.75, 3.05) is 13.7 Å². The average molecular weight is 207 g/mol. The number of aryl methyl sites for hydroxylation is 1. The summed E-state index contributed by atoms with van der Waals surface area (Å²) < 4.78 is 5.10. The van der Waals surface area contributed by atoms with Gasteiger partial charge in [-0.15, -0.1) is 0 Å². The first-order chi connectivity index (χ1) is 7.07. The second-order valence-electron chi connectivity index (χ2n) is 4.43. The van der Waals surface area contributed by atoms with Gasteiger partial charge in [0.1, 0.15) is 0 Å². The van der Waals surface area contributed by atoms with E-state index < -0.39 is 0 Å². The van der Waals surface area contributed by atoms with Gasteiger partial charge in [-0.2, -0.15) is 0 Å². The van der Waals surface area contributed by atoms with Crippen molar-refractivity contribution in [3.05, 3.63) is 35.4 Å². The van der Waals surface area contributed by atoms with Crippen LogP contribution in [-0.4, -0.2) is 19.3 Å². The molecule has 0 aliphatic carbocycles. The Morgan fingerprint density at radius 3 is 2.20 bits per heavy atom. The SMILES string of the molecule is CCc1ccc(CC(C)(N)COC)cc1. The molecule has 2 heteroatoms. The lowest BCUT2D eigenvalue weighted by Gasteiger charge is -2.23. The highest BCUT2D eigenvalue weighted by Gasteiger charge is 2.18. The fraction of sp³-hybridized carbons (Fsp3) is 0.538. The number of hydrogen-bond donors (Lipinski definition) is 1. The number of methoxy groups -OCH3 is 1. The summed E-state index contributed by atoms with van der Waals surface area (Å²) in [6.45, 7) is 4.76. The van der Waals surface area contributed by atoms with Gasteiger partial charge >= 0.3 is 0 Å². The van der Waals surface area contributed by atoms with E-state index in [0.717, 1.165) is 12.8 Å². The maximum atomic E-state index is 6.10. The van der Waals surface area contributed by atoms with Gasteiger partial charge in [0.05, 0.1) is 6.61 Å². The van der Waals surface area contributed by atoms with E-state index in [1.54, 1.807) is 7.11 Å². The van der Waals surface area contributed by atoms with Gasteiger partial charge in [-0.1, -0.05) is 31.2 Å². The summed E-state index contributed by atoms with van der Waals surface area (Å²) in [4.78, 5) is 0. The van der Waals surface area contributed by atoms with Gasteiger partial charge in [-0.25, -0.2) is 0 Å². The Balaban J connectivity index is 2.64. The van der Waals surface area contributed by atoms with Gasteiger partial charge in [-0.05, 0) is 30.9 Å². The predicted octanol–water partition coefficient (Wildman–Crippen LogP) is 2.16. The molecule has 0 aromatic heterocycles. The first-order valence-electron chi connectivity index (χ1n) is 5.43. The molecule has 0 amide bonds. The molecule has 0 saturated heterocycles. The van der Waals surface area contributed by atoms with E-state index in [2.05, 4.69) is 31.2 Å². The number of nitrogens with two attached hydrogens (primary N) is 1. The highest BCUT2D eigenvalue weighted by Crippen LogP contribution is 2.12.